The highest BCUT2D eigenvalue weighted by Gasteiger charge is 2.20. The summed E-state index contributed by atoms with van der Waals surface area (Å²) in [4.78, 5) is 34.0. The molecule has 0 saturated carbocycles. The maximum Gasteiger partial charge on any atom is 0.326 e. The van der Waals surface area contributed by atoms with Crippen LogP contribution in [0, 0.1) is 6.92 Å². The van der Waals surface area contributed by atoms with E-state index in [2.05, 4.69) is 35.2 Å². The second-order valence-electron chi connectivity index (χ2n) is 8.56. The minimum absolute atomic E-state index is 0.167. The Morgan fingerprint density at radius 3 is 2.62 bits per heavy atom. The predicted molar refractivity (Wildman–Crippen MR) is 137 cm³/mol. The van der Waals surface area contributed by atoms with E-state index in [-0.39, 0.29) is 17.2 Å². The van der Waals surface area contributed by atoms with Gasteiger partial charge in [-0.15, -0.1) is 0 Å². The van der Waals surface area contributed by atoms with Gasteiger partial charge in [-0.1, -0.05) is 26.0 Å². The van der Waals surface area contributed by atoms with Crippen LogP contribution in [0.4, 0.5) is 16.2 Å². The van der Waals surface area contributed by atoms with Gasteiger partial charge in [0.15, 0.2) is 0 Å². The van der Waals surface area contributed by atoms with Gasteiger partial charge in [0.2, 0.25) is 0 Å². The molecule has 0 atom stereocenters. The van der Waals surface area contributed by atoms with Gasteiger partial charge in [0, 0.05) is 24.3 Å². The SMILES string of the molecule is COc1cccc(-c2cc(C)c(NC(=O)N(C)c3cc4cccnc4[nH]c3=O)c(C(C)C)c2)c1. The number of anilines is 2. The number of carbonyl (C=O) groups is 1. The highest BCUT2D eigenvalue weighted by atomic mass is 16.5. The number of hydrogen-bond donors (Lipinski definition) is 2. The van der Waals surface area contributed by atoms with E-state index in [4.69, 9.17) is 4.74 Å². The van der Waals surface area contributed by atoms with Gasteiger partial charge in [-0.2, -0.15) is 0 Å². The number of nitrogens with one attached hydrogen (secondary N) is 2. The molecule has 7 heteroatoms. The molecular weight excluding hydrogens is 428 g/mol. The maximum atomic E-state index is 13.2. The van der Waals surface area contributed by atoms with Crippen molar-refractivity contribution in [2.45, 2.75) is 26.7 Å². The van der Waals surface area contributed by atoms with Crippen LogP contribution < -0.4 is 20.5 Å². The second-order valence-corrected chi connectivity index (χ2v) is 8.56. The molecule has 0 aliphatic heterocycles. The van der Waals surface area contributed by atoms with E-state index in [0.29, 0.717) is 5.65 Å². The molecule has 34 heavy (non-hydrogen) atoms. The van der Waals surface area contributed by atoms with Crippen molar-refractivity contribution in [3.8, 4) is 16.9 Å². The molecule has 2 N–H and O–H groups in total. The number of aromatic amines is 1. The van der Waals surface area contributed by atoms with Crippen molar-refractivity contribution in [3.05, 3.63) is 82.3 Å². The number of carbonyl (C=O) groups excluding carboxylic acids is 1. The molecule has 0 fully saturated rings. The van der Waals surface area contributed by atoms with E-state index in [1.807, 2.05) is 43.3 Å². The zero-order chi connectivity index (χ0) is 24.4. The second kappa shape index (κ2) is 9.39. The van der Waals surface area contributed by atoms with Gasteiger partial charge in [0.25, 0.3) is 5.56 Å². The largest absolute Gasteiger partial charge is 0.497 e. The summed E-state index contributed by atoms with van der Waals surface area (Å²) in [6.45, 7) is 6.15. The molecular formula is C27H28N4O3. The van der Waals surface area contributed by atoms with E-state index in [1.165, 1.54) is 4.90 Å². The van der Waals surface area contributed by atoms with Crippen LogP contribution in [0.15, 0.2) is 65.6 Å². The Labute approximate surface area is 198 Å². The van der Waals surface area contributed by atoms with Crippen molar-refractivity contribution in [1.29, 1.82) is 0 Å². The summed E-state index contributed by atoms with van der Waals surface area (Å²) in [5.74, 6) is 0.955. The number of aromatic nitrogens is 2. The Morgan fingerprint density at radius 1 is 1.09 bits per heavy atom. The molecule has 0 radical (unpaired) electrons. The Hall–Kier alpha value is -4.13. The summed E-state index contributed by atoms with van der Waals surface area (Å²) in [6.07, 6.45) is 1.61. The summed E-state index contributed by atoms with van der Waals surface area (Å²) in [5, 5.41) is 3.78. The molecule has 174 valence electrons. The maximum absolute atomic E-state index is 13.2. The van der Waals surface area contributed by atoms with Crippen LogP contribution in [0.1, 0.15) is 30.9 Å². The van der Waals surface area contributed by atoms with Crippen molar-refractivity contribution >= 4 is 28.4 Å². The van der Waals surface area contributed by atoms with Crippen LogP contribution >= 0.6 is 0 Å². The number of rotatable bonds is 5. The molecule has 0 unspecified atom stereocenters. The van der Waals surface area contributed by atoms with Crippen molar-refractivity contribution in [2.24, 2.45) is 0 Å². The quantitative estimate of drug-likeness (QED) is 0.403. The van der Waals surface area contributed by atoms with Crippen molar-refractivity contribution < 1.29 is 9.53 Å². The number of benzene rings is 2. The highest BCUT2D eigenvalue weighted by molar-refractivity contribution is 6.03. The van der Waals surface area contributed by atoms with Gasteiger partial charge in [0.1, 0.15) is 17.1 Å². The number of aryl methyl sites for hydroxylation is 1. The van der Waals surface area contributed by atoms with Crippen molar-refractivity contribution in [1.82, 2.24) is 9.97 Å². The number of hydrogen-bond acceptors (Lipinski definition) is 4. The number of amides is 2. The Balaban J connectivity index is 1.68. The first kappa shape index (κ1) is 23.0. The molecule has 0 aliphatic carbocycles. The van der Waals surface area contributed by atoms with Crippen LogP contribution in [0.2, 0.25) is 0 Å². The molecule has 2 aromatic heterocycles. The third-order valence-electron chi connectivity index (χ3n) is 5.88. The number of H-pyrrole nitrogens is 1. The standard InChI is InChI=1S/C27H28N4O3/c1-16(2)22-14-20(18-8-6-10-21(13-18)34-5)12-17(3)24(22)29-27(33)31(4)23-15-19-9-7-11-28-25(19)30-26(23)32/h6-16H,1-5H3,(H,29,33)(H,28,30,32). The lowest BCUT2D eigenvalue weighted by Crippen LogP contribution is -2.35. The van der Waals surface area contributed by atoms with E-state index >= 15 is 0 Å². The minimum Gasteiger partial charge on any atom is -0.497 e. The van der Waals surface area contributed by atoms with Gasteiger partial charge in [-0.25, -0.2) is 9.78 Å². The molecule has 4 aromatic rings. The van der Waals surface area contributed by atoms with Gasteiger partial charge >= 0.3 is 6.03 Å². The number of ether oxygens (including phenoxy) is 1. The summed E-state index contributed by atoms with van der Waals surface area (Å²) >= 11 is 0. The Kier molecular flexibility index (Phi) is 6.36. The summed E-state index contributed by atoms with van der Waals surface area (Å²) in [7, 11) is 3.23. The fraction of sp³-hybridized carbons (Fsp3) is 0.222. The lowest BCUT2D eigenvalue weighted by Gasteiger charge is -2.22. The lowest BCUT2D eigenvalue weighted by atomic mass is 9.92. The number of pyridine rings is 2. The molecule has 4 rings (SSSR count). The molecule has 2 amide bonds. The van der Waals surface area contributed by atoms with Crippen LogP contribution in [-0.2, 0) is 0 Å². The average molecular weight is 457 g/mol. The zero-order valence-electron chi connectivity index (χ0n) is 20.0. The molecule has 7 nitrogen and oxygen atoms in total. The molecule has 0 spiro atoms. The minimum atomic E-state index is -0.395. The first-order chi connectivity index (χ1) is 16.3. The number of methoxy groups -OCH3 is 1. The van der Waals surface area contributed by atoms with Crippen LogP contribution in [0.25, 0.3) is 22.2 Å². The number of fused-ring (bicyclic) bond motifs is 1. The number of urea groups is 1. The van der Waals surface area contributed by atoms with E-state index in [1.54, 1.807) is 32.5 Å². The first-order valence-electron chi connectivity index (χ1n) is 11.1. The summed E-state index contributed by atoms with van der Waals surface area (Å²) < 4.78 is 5.37. The van der Waals surface area contributed by atoms with E-state index < -0.39 is 6.03 Å². The first-order valence-corrected chi connectivity index (χ1v) is 11.1. The predicted octanol–water partition coefficient (Wildman–Crippen LogP) is 5.70. The molecule has 0 bridgehead atoms. The average Bonchev–Trinajstić information content (AvgIpc) is 2.84. The lowest BCUT2D eigenvalue weighted by molar-refractivity contribution is 0.258. The molecule has 0 saturated heterocycles. The van der Waals surface area contributed by atoms with Crippen molar-refractivity contribution in [3.63, 3.8) is 0 Å². The smallest absolute Gasteiger partial charge is 0.326 e. The summed E-state index contributed by atoms with van der Waals surface area (Å²) in [6, 6.07) is 16.9. The summed E-state index contributed by atoms with van der Waals surface area (Å²) in [5.41, 5.74) is 5.13. The monoisotopic (exact) mass is 456 g/mol. The normalized spacial score (nSPS) is 11.0. The van der Waals surface area contributed by atoms with Gasteiger partial charge in [0.05, 0.1) is 7.11 Å². The Bertz CT molecular complexity index is 1430. The molecule has 0 aliphatic rings. The molecule has 2 aromatic carbocycles. The van der Waals surface area contributed by atoms with Gasteiger partial charge in [-0.3, -0.25) is 9.69 Å². The fourth-order valence-electron chi connectivity index (χ4n) is 3.98. The Morgan fingerprint density at radius 2 is 1.88 bits per heavy atom. The van der Waals surface area contributed by atoms with Crippen LogP contribution in [-0.4, -0.2) is 30.2 Å². The third kappa shape index (κ3) is 4.50. The third-order valence-corrected chi connectivity index (χ3v) is 5.88. The van der Waals surface area contributed by atoms with Crippen LogP contribution in [0.5, 0.6) is 5.75 Å². The van der Waals surface area contributed by atoms with Crippen LogP contribution in [0.3, 0.4) is 0 Å². The van der Waals surface area contributed by atoms with Gasteiger partial charge < -0.3 is 15.0 Å². The fourth-order valence-corrected chi connectivity index (χ4v) is 3.98. The highest BCUT2D eigenvalue weighted by Crippen LogP contribution is 2.34. The zero-order valence-corrected chi connectivity index (χ0v) is 20.0. The van der Waals surface area contributed by atoms with E-state index in [0.717, 1.165) is 39.1 Å². The number of nitrogens with zero attached hydrogens (tertiary/aromatic N) is 2. The molecule has 2 heterocycles. The van der Waals surface area contributed by atoms with Gasteiger partial charge in [-0.05, 0) is 77.6 Å². The topological polar surface area (TPSA) is 87.3 Å². The van der Waals surface area contributed by atoms with E-state index in [9.17, 15) is 9.59 Å². The van der Waals surface area contributed by atoms with Crippen molar-refractivity contribution in [2.75, 3.05) is 24.4 Å².